The molecule has 0 bridgehead atoms. The average Bonchev–Trinajstić information content (AvgIpc) is 2.97. The molecule has 3 rings (SSSR count). The van der Waals surface area contributed by atoms with Gasteiger partial charge >= 0.3 is 6.18 Å². The van der Waals surface area contributed by atoms with Crippen molar-refractivity contribution in [1.82, 2.24) is 4.90 Å². The van der Waals surface area contributed by atoms with Gasteiger partial charge in [0.05, 0.1) is 5.56 Å². The average molecular weight is 297 g/mol. The summed E-state index contributed by atoms with van der Waals surface area (Å²) in [6, 6.07) is 5.53. The van der Waals surface area contributed by atoms with Crippen molar-refractivity contribution in [3.05, 3.63) is 35.4 Å². The Morgan fingerprint density at radius 2 is 1.81 bits per heavy atom. The zero-order valence-corrected chi connectivity index (χ0v) is 11.7. The number of hydrogen-bond acceptors (Lipinski definition) is 1. The zero-order chi connectivity index (χ0) is 15.1. The third-order valence-electron chi connectivity index (χ3n) is 4.75. The van der Waals surface area contributed by atoms with E-state index in [2.05, 4.69) is 0 Å². The van der Waals surface area contributed by atoms with Crippen LogP contribution in [0.2, 0.25) is 0 Å². The van der Waals surface area contributed by atoms with Crippen LogP contribution in [-0.2, 0) is 17.5 Å². The lowest BCUT2D eigenvalue weighted by Gasteiger charge is -2.24. The van der Waals surface area contributed by atoms with Crippen molar-refractivity contribution in [2.24, 2.45) is 5.41 Å². The summed E-state index contributed by atoms with van der Waals surface area (Å²) < 4.78 is 39.0. The molecule has 2 nitrogen and oxygen atoms in total. The van der Waals surface area contributed by atoms with Gasteiger partial charge in [-0.2, -0.15) is 13.2 Å². The van der Waals surface area contributed by atoms with Crippen LogP contribution >= 0.6 is 0 Å². The van der Waals surface area contributed by atoms with Crippen LogP contribution in [-0.4, -0.2) is 17.4 Å². The molecule has 1 saturated heterocycles. The van der Waals surface area contributed by atoms with Gasteiger partial charge in [0.15, 0.2) is 0 Å². The number of carbonyl (C=O) groups excluding carboxylic acids is 1. The third kappa shape index (κ3) is 2.78. The molecule has 1 aromatic carbocycles. The fourth-order valence-electron chi connectivity index (χ4n) is 3.73. The fourth-order valence-corrected chi connectivity index (χ4v) is 3.73. The van der Waals surface area contributed by atoms with Crippen molar-refractivity contribution in [2.45, 2.75) is 44.8 Å². The highest BCUT2D eigenvalue weighted by Crippen LogP contribution is 2.46. The van der Waals surface area contributed by atoms with E-state index in [0.717, 1.165) is 31.7 Å². The van der Waals surface area contributed by atoms with E-state index < -0.39 is 11.7 Å². The highest BCUT2D eigenvalue weighted by Gasteiger charge is 2.45. The van der Waals surface area contributed by atoms with Crippen molar-refractivity contribution in [2.75, 3.05) is 6.54 Å². The van der Waals surface area contributed by atoms with Gasteiger partial charge in [-0.3, -0.25) is 4.79 Å². The number of hydrogen-bond donors (Lipinski definition) is 0. The minimum Gasteiger partial charge on any atom is -0.338 e. The Balaban J connectivity index is 1.80. The molecule has 2 aliphatic rings. The molecule has 114 valence electrons. The molecule has 1 heterocycles. The van der Waals surface area contributed by atoms with Crippen LogP contribution in [0.5, 0.6) is 0 Å². The molecule has 1 aromatic rings. The van der Waals surface area contributed by atoms with Crippen molar-refractivity contribution in [1.29, 1.82) is 0 Å². The monoisotopic (exact) mass is 297 g/mol. The standard InChI is InChI=1S/C16H18F3NO/c17-16(18,19)13-6-2-1-5-12(13)10-20-11-15(9-14(20)21)7-3-4-8-15/h1-2,5-6H,3-4,7-11H2. The Morgan fingerprint density at radius 1 is 1.14 bits per heavy atom. The Bertz CT molecular complexity index is 547. The maximum Gasteiger partial charge on any atom is 0.416 e. The summed E-state index contributed by atoms with van der Waals surface area (Å²) in [5.74, 6) is -0.00567. The van der Waals surface area contributed by atoms with Crippen molar-refractivity contribution in [3.63, 3.8) is 0 Å². The molecule has 0 atom stereocenters. The van der Waals surface area contributed by atoms with E-state index in [1.54, 1.807) is 11.0 Å². The lowest BCUT2D eigenvalue weighted by molar-refractivity contribution is -0.139. The summed E-state index contributed by atoms with van der Waals surface area (Å²) in [5, 5.41) is 0. The van der Waals surface area contributed by atoms with E-state index >= 15 is 0 Å². The van der Waals surface area contributed by atoms with Gasteiger partial charge in [-0.05, 0) is 29.9 Å². The molecule has 21 heavy (non-hydrogen) atoms. The Hall–Kier alpha value is -1.52. The van der Waals surface area contributed by atoms with Crippen LogP contribution in [0.3, 0.4) is 0 Å². The van der Waals surface area contributed by atoms with Crippen LogP contribution in [0.4, 0.5) is 13.2 Å². The first-order chi connectivity index (χ1) is 9.90. The minimum atomic E-state index is -4.37. The molecular formula is C16H18F3NO. The molecule has 1 spiro atoms. The molecule has 1 saturated carbocycles. The second-order valence-electron chi connectivity index (χ2n) is 6.29. The summed E-state index contributed by atoms with van der Waals surface area (Å²) in [7, 11) is 0. The van der Waals surface area contributed by atoms with Crippen molar-refractivity contribution >= 4 is 5.91 Å². The molecular weight excluding hydrogens is 279 g/mol. The molecule has 2 fully saturated rings. The van der Waals surface area contributed by atoms with Gasteiger partial charge in [-0.15, -0.1) is 0 Å². The number of halogens is 3. The first-order valence-corrected chi connectivity index (χ1v) is 7.33. The molecule has 0 radical (unpaired) electrons. The largest absolute Gasteiger partial charge is 0.416 e. The summed E-state index contributed by atoms with van der Waals surface area (Å²) in [6.07, 6.45) is 0.429. The van der Waals surface area contributed by atoms with Crippen molar-refractivity contribution in [3.8, 4) is 0 Å². The van der Waals surface area contributed by atoms with E-state index in [-0.39, 0.29) is 23.4 Å². The van der Waals surface area contributed by atoms with Gasteiger partial charge < -0.3 is 4.90 Å². The smallest absolute Gasteiger partial charge is 0.338 e. The van der Waals surface area contributed by atoms with Gasteiger partial charge in [0.2, 0.25) is 5.91 Å². The molecule has 0 aromatic heterocycles. The second-order valence-corrected chi connectivity index (χ2v) is 6.29. The Morgan fingerprint density at radius 3 is 2.48 bits per heavy atom. The highest BCUT2D eigenvalue weighted by molar-refractivity contribution is 5.79. The van der Waals surface area contributed by atoms with Crippen LogP contribution in [0.25, 0.3) is 0 Å². The van der Waals surface area contributed by atoms with Gasteiger partial charge in [-0.1, -0.05) is 31.0 Å². The predicted octanol–water partition coefficient (Wildman–Crippen LogP) is 4.00. The highest BCUT2D eigenvalue weighted by atomic mass is 19.4. The van der Waals surface area contributed by atoms with E-state index in [0.29, 0.717) is 13.0 Å². The lowest BCUT2D eigenvalue weighted by Crippen LogP contribution is -2.28. The maximum atomic E-state index is 13.0. The van der Waals surface area contributed by atoms with Gasteiger partial charge in [0, 0.05) is 19.5 Å². The summed E-state index contributed by atoms with van der Waals surface area (Å²) in [5.41, 5.74) is -0.414. The van der Waals surface area contributed by atoms with E-state index in [1.165, 1.54) is 12.1 Å². The molecule has 1 aliphatic heterocycles. The number of carbonyl (C=O) groups is 1. The minimum absolute atomic E-state index is 0.00567. The Kier molecular flexibility index (Phi) is 3.46. The van der Waals surface area contributed by atoms with Crippen LogP contribution < -0.4 is 0 Å². The number of alkyl halides is 3. The van der Waals surface area contributed by atoms with E-state index in [1.807, 2.05) is 0 Å². The number of benzene rings is 1. The normalized spacial score (nSPS) is 21.5. The third-order valence-corrected chi connectivity index (χ3v) is 4.75. The number of likely N-dealkylation sites (tertiary alicyclic amines) is 1. The zero-order valence-electron chi connectivity index (χ0n) is 11.7. The predicted molar refractivity (Wildman–Crippen MR) is 72.4 cm³/mol. The topological polar surface area (TPSA) is 20.3 Å². The lowest BCUT2D eigenvalue weighted by atomic mass is 9.85. The summed E-state index contributed by atoms with van der Waals surface area (Å²) in [6.45, 7) is 0.675. The Labute approximate surface area is 121 Å². The number of rotatable bonds is 2. The second kappa shape index (κ2) is 5.04. The molecule has 1 aliphatic carbocycles. The summed E-state index contributed by atoms with van der Waals surface area (Å²) in [4.78, 5) is 13.8. The van der Waals surface area contributed by atoms with E-state index in [4.69, 9.17) is 0 Å². The van der Waals surface area contributed by atoms with Crippen LogP contribution in [0, 0.1) is 5.41 Å². The number of nitrogens with zero attached hydrogens (tertiary/aromatic N) is 1. The molecule has 0 N–H and O–H groups in total. The SMILES string of the molecule is O=C1CC2(CCCC2)CN1Cc1ccccc1C(F)(F)F. The number of amides is 1. The van der Waals surface area contributed by atoms with Crippen LogP contribution in [0.1, 0.15) is 43.2 Å². The van der Waals surface area contributed by atoms with Gasteiger partial charge in [0.25, 0.3) is 0 Å². The maximum absolute atomic E-state index is 13.0. The van der Waals surface area contributed by atoms with Gasteiger partial charge in [0.1, 0.15) is 0 Å². The first-order valence-electron chi connectivity index (χ1n) is 7.33. The summed E-state index contributed by atoms with van der Waals surface area (Å²) >= 11 is 0. The fraction of sp³-hybridized carbons (Fsp3) is 0.562. The first kappa shape index (κ1) is 14.4. The van der Waals surface area contributed by atoms with Crippen LogP contribution in [0.15, 0.2) is 24.3 Å². The molecule has 0 unspecified atom stereocenters. The van der Waals surface area contributed by atoms with E-state index in [9.17, 15) is 18.0 Å². The molecule has 5 heteroatoms. The van der Waals surface area contributed by atoms with Crippen molar-refractivity contribution < 1.29 is 18.0 Å². The molecule has 1 amide bonds. The van der Waals surface area contributed by atoms with Gasteiger partial charge in [-0.25, -0.2) is 0 Å². The quantitative estimate of drug-likeness (QED) is 0.808.